The van der Waals surface area contributed by atoms with Gasteiger partial charge >= 0.3 is 0 Å². The molecule has 1 aliphatic carbocycles. The summed E-state index contributed by atoms with van der Waals surface area (Å²) < 4.78 is 27.0. The highest BCUT2D eigenvalue weighted by Crippen LogP contribution is 2.42. The quantitative estimate of drug-likeness (QED) is 0.727. The number of fused-ring (bicyclic) bond motifs is 1. The van der Waals surface area contributed by atoms with Gasteiger partial charge in [0.1, 0.15) is 0 Å². The lowest BCUT2D eigenvalue weighted by Crippen LogP contribution is -2.34. The molecule has 0 bridgehead atoms. The summed E-state index contributed by atoms with van der Waals surface area (Å²) in [5, 5.41) is -0.338. The van der Waals surface area contributed by atoms with Crippen LogP contribution in [0, 0.1) is 11.8 Å². The molecule has 0 spiro atoms. The van der Waals surface area contributed by atoms with E-state index in [0.717, 1.165) is 25.8 Å². The summed E-state index contributed by atoms with van der Waals surface area (Å²) in [4.78, 5) is 2.56. The van der Waals surface area contributed by atoms with E-state index in [1.165, 1.54) is 42.6 Å². The first kappa shape index (κ1) is 20.1. The van der Waals surface area contributed by atoms with Crippen LogP contribution in [0.5, 0.6) is 0 Å². The summed E-state index contributed by atoms with van der Waals surface area (Å²) in [6.45, 7) is 8.58. The Bertz CT molecular complexity index is 808. The minimum absolute atomic E-state index is 0.338. The van der Waals surface area contributed by atoms with E-state index in [4.69, 9.17) is 0 Å². The van der Waals surface area contributed by atoms with Gasteiger partial charge in [-0.05, 0) is 81.7 Å². The van der Waals surface area contributed by atoms with Crippen molar-refractivity contribution in [2.45, 2.75) is 51.2 Å². The fourth-order valence-corrected chi connectivity index (χ4v) is 6.44. The number of nitrogens with zero attached hydrogens (tertiary/aromatic N) is 2. The van der Waals surface area contributed by atoms with Gasteiger partial charge in [0.25, 0.3) is 0 Å². The molecule has 2 aliphatic heterocycles. The third-order valence-electron chi connectivity index (χ3n) is 6.87. The first-order valence-corrected chi connectivity index (χ1v) is 12.5. The molecule has 1 aromatic rings. The largest absolute Gasteiger partial charge is 0.303 e. The Balaban J connectivity index is 1.44. The number of hydrogen-bond donors (Lipinski definition) is 0. The Morgan fingerprint density at radius 3 is 2.46 bits per heavy atom. The van der Waals surface area contributed by atoms with Crippen LogP contribution in [0.4, 0.5) is 0 Å². The standard InChI is InChI=1S/C23H34N2O2S/c1-18(2)28(26,27)25-16-21-6-5-7-22(23(21)17-25)20-10-8-19(9-11-20)12-15-24-13-3-4-14-24/h7-11,18,21,23H,3-6,12-17H2,1-2H3. The lowest BCUT2D eigenvalue weighted by molar-refractivity contribution is 0.343. The van der Waals surface area contributed by atoms with Gasteiger partial charge in [0, 0.05) is 25.6 Å². The van der Waals surface area contributed by atoms with Crippen LogP contribution in [0.1, 0.15) is 50.7 Å². The van der Waals surface area contributed by atoms with Gasteiger partial charge in [-0.3, -0.25) is 0 Å². The third kappa shape index (κ3) is 4.07. The maximum atomic E-state index is 12.6. The first-order valence-electron chi connectivity index (χ1n) is 11.0. The number of rotatable bonds is 6. The molecule has 1 aromatic carbocycles. The summed E-state index contributed by atoms with van der Waals surface area (Å²) in [5.74, 6) is 0.807. The second-order valence-corrected chi connectivity index (χ2v) is 11.5. The van der Waals surface area contributed by atoms with Crippen LogP contribution >= 0.6 is 0 Å². The molecule has 5 heteroatoms. The van der Waals surface area contributed by atoms with E-state index in [1.807, 2.05) is 0 Å². The second-order valence-electron chi connectivity index (χ2n) is 9.01. The van der Waals surface area contributed by atoms with Crippen LogP contribution in [0.25, 0.3) is 5.57 Å². The minimum atomic E-state index is -3.16. The SMILES string of the molecule is CC(C)S(=O)(=O)N1CC2CCC=C(c3ccc(CCN4CCCC4)cc3)C2C1. The molecular formula is C23H34N2O2S. The van der Waals surface area contributed by atoms with Crippen LogP contribution in [-0.2, 0) is 16.4 Å². The predicted octanol–water partition coefficient (Wildman–Crippen LogP) is 3.79. The number of likely N-dealkylation sites (tertiary alicyclic amines) is 1. The highest BCUT2D eigenvalue weighted by molar-refractivity contribution is 7.89. The maximum Gasteiger partial charge on any atom is 0.216 e. The van der Waals surface area contributed by atoms with Gasteiger partial charge in [-0.25, -0.2) is 12.7 Å². The number of benzene rings is 1. The zero-order valence-electron chi connectivity index (χ0n) is 17.3. The van der Waals surface area contributed by atoms with Gasteiger partial charge in [0.2, 0.25) is 10.0 Å². The monoisotopic (exact) mass is 402 g/mol. The molecule has 28 heavy (non-hydrogen) atoms. The molecule has 0 amide bonds. The number of sulfonamides is 1. The van der Waals surface area contributed by atoms with Crippen molar-refractivity contribution in [2.75, 3.05) is 32.7 Å². The van der Waals surface area contributed by atoms with Gasteiger partial charge in [-0.1, -0.05) is 30.3 Å². The fraction of sp³-hybridized carbons (Fsp3) is 0.652. The molecule has 0 aromatic heterocycles. The van der Waals surface area contributed by atoms with E-state index < -0.39 is 10.0 Å². The van der Waals surface area contributed by atoms with Gasteiger partial charge in [0.15, 0.2) is 0 Å². The topological polar surface area (TPSA) is 40.6 Å². The van der Waals surface area contributed by atoms with Gasteiger partial charge in [-0.15, -0.1) is 0 Å². The molecule has 2 saturated heterocycles. The van der Waals surface area contributed by atoms with Crippen molar-refractivity contribution >= 4 is 15.6 Å². The molecule has 154 valence electrons. The third-order valence-corrected chi connectivity index (χ3v) is 9.08. The van der Waals surface area contributed by atoms with Crippen molar-refractivity contribution in [3.8, 4) is 0 Å². The molecule has 0 N–H and O–H groups in total. The Morgan fingerprint density at radius 1 is 1.07 bits per heavy atom. The minimum Gasteiger partial charge on any atom is -0.303 e. The van der Waals surface area contributed by atoms with Crippen LogP contribution in [0.2, 0.25) is 0 Å². The lowest BCUT2D eigenvalue weighted by atomic mass is 9.78. The summed E-state index contributed by atoms with van der Waals surface area (Å²) >= 11 is 0. The van der Waals surface area contributed by atoms with Crippen LogP contribution in [0.3, 0.4) is 0 Å². The predicted molar refractivity (Wildman–Crippen MR) is 116 cm³/mol. The van der Waals surface area contributed by atoms with Crippen LogP contribution < -0.4 is 0 Å². The van der Waals surface area contributed by atoms with Gasteiger partial charge in [0.05, 0.1) is 5.25 Å². The molecule has 3 aliphatic rings. The average Bonchev–Trinajstić information content (AvgIpc) is 3.36. The zero-order valence-corrected chi connectivity index (χ0v) is 18.1. The van der Waals surface area contributed by atoms with Crippen molar-refractivity contribution in [1.29, 1.82) is 0 Å². The molecule has 4 rings (SSSR count). The second kappa shape index (κ2) is 8.29. The molecule has 4 nitrogen and oxygen atoms in total. The molecule has 0 saturated carbocycles. The molecule has 2 fully saturated rings. The maximum absolute atomic E-state index is 12.6. The van der Waals surface area contributed by atoms with Gasteiger partial charge in [-0.2, -0.15) is 0 Å². The molecular weight excluding hydrogens is 368 g/mol. The highest BCUT2D eigenvalue weighted by atomic mass is 32.2. The molecule has 2 unspecified atom stereocenters. The normalized spacial score (nSPS) is 26.6. The lowest BCUT2D eigenvalue weighted by Gasteiger charge is -2.26. The van der Waals surface area contributed by atoms with E-state index >= 15 is 0 Å². The van der Waals surface area contributed by atoms with E-state index in [-0.39, 0.29) is 5.25 Å². The molecule has 0 radical (unpaired) electrons. The summed E-state index contributed by atoms with van der Waals surface area (Å²) in [6.07, 6.45) is 8.32. The van der Waals surface area contributed by atoms with Crippen LogP contribution in [0.15, 0.2) is 30.3 Å². The van der Waals surface area contributed by atoms with Gasteiger partial charge < -0.3 is 4.90 Å². The Kier molecular flexibility index (Phi) is 5.96. The number of allylic oxidation sites excluding steroid dienone is 1. The van der Waals surface area contributed by atoms with Crippen LogP contribution in [-0.4, -0.2) is 55.6 Å². The Labute approximate surface area is 170 Å². The van der Waals surface area contributed by atoms with Crippen molar-refractivity contribution in [2.24, 2.45) is 11.8 Å². The van der Waals surface area contributed by atoms with Crippen molar-refractivity contribution in [3.05, 3.63) is 41.5 Å². The van der Waals surface area contributed by atoms with E-state index in [2.05, 4.69) is 35.2 Å². The highest BCUT2D eigenvalue weighted by Gasteiger charge is 2.42. The first-order chi connectivity index (χ1) is 13.4. The molecule has 2 heterocycles. The summed E-state index contributed by atoms with van der Waals surface area (Å²) in [6, 6.07) is 9.06. The van der Waals surface area contributed by atoms with E-state index in [9.17, 15) is 8.42 Å². The average molecular weight is 403 g/mol. The van der Waals surface area contributed by atoms with Crippen molar-refractivity contribution in [1.82, 2.24) is 9.21 Å². The zero-order chi connectivity index (χ0) is 19.7. The number of hydrogen-bond acceptors (Lipinski definition) is 3. The Morgan fingerprint density at radius 2 is 1.79 bits per heavy atom. The van der Waals surface area contributed by atoms with E-state index in [0.29, 0.717) is 24.9 Å². The molecule has 2 atom stereocenters. The smallest absolute Gasteiger partial charge is 0.216 e. The summed E-state index contributed by atoms with van der Waals surface area (Å²) in [5.41, 5.74) is 4.05. The summed E-state index contributed by atoms with van der Waals surface area (Å²) in [7, 11) is -3.16. The van der Waals surface area contributed by atoms with E-state index in [1.54, 1.807) is 18.2 Å². The van der Waals surface area contributed by atoms with Crippen molar-refractivity contribution < 1.29 is 8.42 Å². The Hall–Kier alpha value is -1.17. The fourth-order valence-electron chi connectivity index (χ4n) is 5.08. The van der Waals surface area contributed by atoms with Crippen molar-refractivity contribution in [3.63, 3.8) is 0 Å².